The van der Waals surface area contributed by atoms with Crippen LogP contribution >= 0.6 is 0 Å². The maximum absolute atomic E-state index is 12.8. The SMILES string of the molecule is CC(C)(C)c1ccc(O)c(NC(=O)c2cccn(Cc3ccccc3)c2=O)c1. The number of pyridine rings is 1. The summed E-state index contributed by atoms with van der Waals surface area (Å²) in [4.78, 5) is 25.5. The third-order valence-electron chi connectivity index (χ3n) is 4.57. The van der Waals surface area contributed by atoms with Crippen LogP contribution < -0.4 is 10.9 Å². The largest absolute Gasteiger partial charge is 0.506 e. The van der Waals surface area contributed by atoms with Crippen LogP contribution in [-0.2, 0) is 12.0 Å². The molecule has 0 atom stereocenters. The van der Waals surface area contributed by atoms with Gasteiger partial charge in [0.15, 0.2) is 0 Å². The lowest BCUT2D eigenvalue weighted by Crippen LogP contribution is -2.29. The Balaban J connectivity index is 1.88. The molecule has 1 aromatic heterocycles. The zero-order chi connectivity index (χ0) is 20.3. The van der Waals surface area contributed by atoms with E-state index >= 15 is 0 Å². The molecule has 0 bridgehead atoms. The minimum absolute atomic E-state index is 0.0268. The van der Waals surface area contributed by atoms with E-state index in [4.69, 9.17) is 0 Å². The van der Waals surface area contributed by atoms with Gasteiger partial charge in [0.1, 0.15) is 11.3 Å². The van der Waals surface area contributed by atoms with Gasteiger partial charge in [0, 0.05) is 6.20 Å². The van der Waals surface area contributed by atoms with Crippen LogP contribution in [0.4, 0.5) is 5.69 Å². The van der Waals surface area contributed by atoms with Crippen molar-refractivity contribution in [3.63, 3.8) is 0 Å². The molecule has 5 nitrogen and oxygen atoms in total. The lowest BCUT2D eigenvalue weighted by atomic mass is 9.87. The summed E-state index contributed by atoms with van der Waals surface area (Å²) in [6, 6.07) is 17.8. The number of aromatic nitrogens is 1. The molecule has 1 amide bonds. The second-order valence-electron chi connectivity index (χ2n) is 7.78. The molecule has 0 aliphatic rings. The van der Waals surface area contributed by atoms with Crippen LogP contribution in [0.3, 0.4) is 0 Å². The molecule has 0 fully saturated rings. The minimum atomic E-state index is -0.547. The van der Waals surface area contributed by atoms with Gasteiger partial charge >= 0.3 is 0 Å². The number of amides is 1. The van der Waals surface area contributed by atoms with Crippen molar-refractivity contribution in [3.8, 4) is 5.75 Å². The monoisotopic (exact) mass is 376 g/mol. The topological polar surface area (TPSA) is 71.3 Å². The molecule has 0 aliphatic carbocycles. The van der Waals surface area contributed by atoms with Crippen molar-refractivity contribution in [2.24, 2.45) is 0 Å². The fraction of sp³-hybridized carbons (Fsp3) is 0.217. The number of phenolic OH excluding ortho intramolecular Hbond substituents is 1. The molecule has 0 aliphatic heterocycles. The van der Waals surface area contributed by atoms with E-state index in [0.717, 1.165) is 11.1 Å². The highest BCUT2D eigenvalue weighted by Gasteiger charge is 2.18. The Morgan fingerprint density at radius 2 is 1.75 bits per heavy atom. The zero-order valence-corrected chi connectivity index (χ0v) is 16.3. The molecule has 3 aromatic rings. The van der Waals surface area contributed by atoms with Gasteiger partial charge in [-0.25, -0.2) is 0 Å². The van der Waals surface area contributed by atoms with E-state index in [1.807, 2.05) is 57.2 Å². The Labute approximate surface area is 164 Å². The number of carbonyl (C=O) groups excluding carboxylic acids is 1. The lowest BCUT2D eigenvalue weighted by molar-refractivity contribution is 0.102. The maximum atomic E-state index is 12.8. The van der Waals surface area contributed by atoms with E-state index in [-0.39, 0.29) is 28.0 Å². The molecule has 0 saturated carbocycles. The third kappa shape index (κ3) is 4.31. The summed E-state index contributed by atoms with van der Waals surface area (Å²) >= 11 is 0. The molecule has 0 spiro atoms. The van der Waals surface area contributed by atoms with Crippen LogP contribution in [-0.4, -0.2) is 15.6 Å². The first kappa shape index (κ1) is 19.4. The Hall–Kier alpha value is -3.34. The highest BCUT2D eigenvalue weighted by atomic mass is 16.3. The van der Waals surface area contributed by atoms with E-state index in [1.54, 1.807) is 24.4 Å². The Kier molecular flexibility index (Phi) is 5.36. The van der Waals surface area contributed by atoms with Crippen molar-refractivity contribution in [2.75, 3.05) is 5.32 Å². The van der Waals surface area contributed by atoms with Crippen LogP contribution in [0.15, 0.2) is 71.7 Å². The molecule has 28 heavy (non-hydrogen) atoms. The van der Waals surface area contributed by atoms with E-state index in [0.29, 0.717) is 6.54 Å². The fourth-order valence-electron chi connectivity index (χ4n) is 2.91. The normalized spacial score (nSPS) is 11.2. The Morgan fingerprint density at radius 1 is 1.04 bits per heavy atom. The number of hydrogen-bond acceptors (Lipinski definition) is 3. The molecular weight excluding hydrogens is 352 g/mol. The van der Waals surface area contributed by atoms with Gasteiger partial charge in [-0.15, -0.1) is 0 Å². The molecule has 144 valence electrons. The summed E-state index contributed by atoms with van der Waals surface area (Å²) in [5.41, 5.74) is 1.74. The summed E-state index contributed by atoms with van der Waals surface area (Å²) in [6.07, 6.45) is 1.66. The van der Waals surface area contributed by atoms with E-state index in [2.05, 4.69) is 5.32 Å². The smallest absolute Gasteiger partial charge is 0.263 e. The second kappa shape index (κ2) is 7.72. The number of aromatic hydroxyl groups is 1. The maximum Gasteiger partial charge on any atom is 0.263 e. The molecule has 0 saturated heterocycles. The summed E-state index contributed by atoms with van der Waals surface area (Å²) in [6.45, 7) is 6.52. The minimum Gasteiger partial charge on any atom is -0.506 e. The summed E-state index contributed by atoms with van der Waals surface area (Å²) < 4.78 is 1.50. The highest BCUT2D eigenvalue weighted by Crippen LogP contribution is 2.30. The standard InChI is InChI=1S/C23H24N2O3/c1-23(2,3)17-11-12-20(26)19(14-17)24-21(27)18-10-7-13-25(22(18)28)15-16-8-5-4-6-9-16/h4-14,26H,15H2,1-3H3,(H,24,27). The van der Waals surface area contributed by atoms with Gasteiger partial charge in [-0.1, -0.05) is 57.2 Å². The van der Waals surface area contributed by atoms with Crippen molar-refractivity contribution in [1.29, 1.82) is 0 Å². The average molecular weight is 376 g/mol. The lowest BCUT2D eigenvalue weighted by Gasteiger charge is -2.20. The molecule has 3 rings (SSSR count). The fourth-order valence-corrected chi connectivity index (χ4v) is 2.91. The number of hydrogen-bond donors (Lipinski definition) is 2. The van der Waals surface area contributed by atoms with Crippen molar-refractivity contribution >= 4 is 11.6 Å². The first-order valence-corrected chi connectivity index (χ1v) is 9.14. The number of anilines is 1. The van der Waals surface area contributed by atoms with Crippen LogP contribution in [0.1, 0.15) is 42.3 Å². The van der Waals surface area contributed by atoms with Gasteiger partial charge in [-0.2, -0.15) is 0 Å². The van der Waals surface area contributed by atoms with Crippen molar-refractivity contribution in [1.82, 2.24) is 4.57 Å². The number of nitrogens with one attached hydrogen (secondary N) is 1. The first-order valence-electron chi connectivity index (χ1n) is 9.14. The van der Waals surface area contributed by atoms with E-state index in [9.17, 15) is 14.7 Å². The molecule has 1 heterocycles. The first-order chi connectivity index (χ1) is 13.3. The predicted molar refractivity (Wildman–Crippen MR) is 111 cm³/mol. The van der Waals surface area contributed by atoms with Gasteiger partial charge in [-0.05, 0) is 40.8 Å². The van der Waals surface area contributed by atoms with Crippen LogP contribution in [0.5, 0.6) is 5.75 Å². The number of phenols is 1. The number of carbonyl (C=O) groups is 1. The van der Waals surface area contributed by atoms with Crippen molar-refractivity contribution < 1.29 is 9.90 Å². The summed E-state index contributed by atoms with van der Waals surface area (Å²) in [5.74, 6) is -0.587. The van der Waals surface area contributed by atoms with E-state index in [1.165, 1.54) is 10.6 Å². The van der Waals surface area contributed by atoms with Crippen molar-refractivity contribution in [3.05, 3.63) is 93.9 Å². The van der Waals surface area contributed by atoms with Gasteiger partial charge in [0.05, 0.1) is 12.2 Å². The van der Waals surface area contributed by atoms with Crippen LogP contribution in [0.25, 0.3) is 0 Å². The van der Waals surface area contributed by atoms with Gasteiger partial charge in [-0.3, -0.25) is 9.59 Å². The predicted octanol–water partition coefficient (Wildman–Crippen LogP) is 4.15. The molecular formula is C23H24N2O3. The van der Waals surface area contributed by atoms with Gasteiger partial charge in [0.2, 0.25) is 0 Å². The third-order valence-corrected chi connectivity index (χ3v) is 4.57. The van der Waals surface area contributed by atoms with Crippen LogP contribution in [0, 0.1) is 0 Å². The molecule has 2 N–H and O–H groups in total. The molecule has 5 heteroatoms. The zero-order valence-electron chi connectivity index (χ0n) is 16.3. The quantitative estimate of drug-likeness (QED) is 0.672. The number of nitrogens with zero attached hydrogens (tertiary/aromatic N) is 1. The summed E-state index contributed by atoms with van der Waals surface area (Å²) in [5, 5.41) is 12.8. The van der Waals surface area contributed by atoms with E-state index < -0.39 is 5.91 Å². The van der Waals surface area contributed by atoms with Crippen molar-refractivity contribution in [2.45, 2.75) is 32.7 Å². The second-order valence-corrected chi connectivity index (χ2v) is 7.78. The Bertz CT molecular complexity index is 1050. The average Bonchev–Trinajstić information content (AvgIpc) is 2.65. The molecule has 0 unspecified atom stereocenters. The Morgan fingerprint density at radius 3 is 2.43 bits per heavy atom. The number of benzene rings is 2. The van der Waals surface area contributed by atoms with Crippen LogP contribution in [0.2, 0.25) is 0 Å². The van der Waals surface area contributed by atoms with Gasteiger partial charge in [0.25, 0.3) is 11.5 Å². The molecule has 2 aromatic carbocycles. The summed E-state index contributed by atoms with van der Waals surface area (Å²) in [7, 11) is 0. The van der Waals surface area contributed by atoms with Gasteiger partial charge < -0.3 is 15.0 Å². The highest BCUT2D eigenvalue weighted by molar-refractivity contribution is 6.04. The molecule has 0 radical (unpaired) electrons. The number of rotatable bonds is 4.